The van der Waals surface area contributed by atoms with Gasteiger partial charge in [0.05, 0.1) is 5.92 Å². The second-order valence-corrected chi connectivity index (χ2v) is 15.1. The minimum absolute atomic E-state index is 0.0680. The van der Waals surface area contributed by atoms with E-state index in [1.807, 2.05) is 60.7 Å². The van der Waals surface area contributed by atoms with Gasteiger partial charge in [-0.1, -0.05) is 123 Å². The Labute approximate surface area is 214 Å². The lowest BCUT2D eigenvalue weighted by Crippen LogP contribution is -2.48. The number of hydrogen-bond donors (Lipinski definition) is 0. The topological polar surface area (TPSA) is 52.6 Å². The zero-order valence-corrected chi connectivity index (χ0v) is 24.2. The van der Waals surface area contributed by atoms with Crippen LogP contribution < -0.4 is 10.4 Å². The molecule has 0 saturated carbocycles. The van der Waals surface area contributed by atoms with E-state index in [-0.39, 0.29) is 34.1 Å². The molecule has 2 aromatic rings. The summed E-state index contributed by atoms with van der Waals surface area (Å²) in [6.07, 6.45) is 1.67. The SMILES string of the molecule is CC(C)(C)C(C(=O)OO[SiH](c1ccccc1)c1ccccc1)[C@@H](C[C@H](C=O)C(C)(C)C)C(C)(C)C. The van der Waals surface area contributed by atoms with Crippen molar-refractivity contribution in [3.63, 3.8) is 0 Å². The van der Waals surface area contributed by atoms with Crippen LogP contribution in [0.25, 0.3) is 0 Å². The first-order chi connectivity index (χ1) is 16.2. The van der Waals surface area contributed by atoms with Crippen molar-refractivity contribution in [2.45, 2.75) is 68.7 Å². The van der Waals surface area contributed by atoms with Gasteiger partial charge in [-0.3, -0.25) is 0 Å². The first-order valence-corrected chi connectivity index (χ1v) is 14.2. The van der Waals surface area contributed by atoms with Crippen molar-refractivity contribution < 1.29 is 19.1 Å². The number of benzene rings is 2. The highest BCUT2D eigenvalue weighted by Crippen LogP contribution is 2.47. The molecule has 1 unspecified atom stereocenters. The van der Waals surface area contributed by atoms with Crippen LogP contribution in [0.15, 0.2) is 60.7 Å². The van der Waals surface area contributed by atoms with Crippen LogP contribution in [-0.2, 0) is 19.1 Å². The Kier molecular flexibility index (Phi) is 9.66. The average Bonchev–Trinajstić information content (AvgIpc) is 2.75. The van der Waals surface area contributed by atoms with Crippen LogP contribution in [0.3, 0.4) is 0 Å². The monoisotopic (exact) mass is 496 g/mol. The molecule has 5 heteroatoms. The van der Waals surface area contributed by atoms with Crippen LogP contribution in [0.5, 0.6) is 0 Å². The predicted molar refractivity (Wildman–Crippen MR) is 146 cm³/mol. The van der Waals surface area contributed by atoms with E-state index in [4.69, 9.17) is 9.46 Å². The van der Waals surface area contributed by atoms with Gasteiger partial charge < -0.3 is 9.68 Å². The fourth-order valence-corrected chi connectivity index (χ4v) is 6.65. The molecule has 0 amide bonds. The maximum atomic E-state index is 13.8. The van der Waals surface area contributed by atoms with E-state index in [2.05, 4.69) is 62.3 Å². The maximum absolute atomic E-state index is 13.8. The third-order valence-corrected chi connectivity index (χ3v) is 9.19. The van der Waals surface area contributed by atoms with Gasteiger partial charge in [0.25, 0.3) is 0 Å². The Balaban J connectivity index is 2.38. The fourth-order valence-electron chi connectivity index (χ4n) is 4.70. The van der Waals surface area contributed by atoms with E-state index in [0.29, 0.717) is 6.42 Å². The summed E-state index contributed by atoms with van der Waals surface area (Å²) in [5, 5.41) is 2.08. The van der Waals surface area contributed by atoms with Gasteiger partial charge in [0.15, 0.2) is 0 Å². The summed E-state index contributed by atoms with van der Waals surface area (Å²) in [4.78, 5) is 31.5. The average molecular weight is 497 g/mol. The van der Waals surface area contributed by atoms with Gasteiger partial charge in [-0.2, -0.15) is 0 Å². The van der Waals surface area contributed by atoms with Gasteiger partial charge in [-0.25, -0.2) is 9.37 Å². The molecule has 0 radical (unpaired) electrons. The standard InChI is InChI=1S/C30H44O4Si/c1-28(2,3)22(21-31)20-25(29(4,5)6)26(30(7,8)9)27(32)33-34-35(23-16-12-10-13-17-23)24-18-14-11-15-19-24/h10-19,21-22,25-26,35H,20H2,1-9H3/t22-,25-,26?/m1/s1. The smallest absolute Gasteiger partial charge is 0.309 e. The van der Waals surface area contributed by atoms with Crippen LogP contribution in [0, 0.1) is 34.0 Å². The molecule has 2 aromatic carbocycles. The second-order valence-electron chi connectivity index (χ2n) is 12.9. The molecule has 0 aliphatic rings. The van der Waals surface area contributed by atoms with Crippen LogP contribution in [0.2, 0.25) is 0 Å². The molecule has 192 valence electrons. The molecule has 0 N–H and O–H groups in total. The summed E-state index contributed by atoms with van der Waals surface area (Å²) >= 11 is 0. The first-order valence-electron chi connectivity index (χ1n) is 12.6. The lowest BCUT2D eigenvalue weighted by atomic mass is 9.60. The summed E-state index contributed by atoms with van der Waals surface area (Å²) in [7, 11) is -2.24. The van der Waals surface area contributed by atoms with E-state index >= 15 is 0 Å². The molecule has 3 atom stereocenters. The van der Waals surface area contributed by atoms with Crippen LogP contribution in [0.1, 0.15) is 68.7 Å². The van der Waals surface area contributed by atoms with E-state index < -0.39 is 15.0 Å². The van der Waals surface area contributed by atoms with E-state index in [1.54, 1.807) is 0 Å². The number of aldehydes is 1. The Morgan fingerprint density at radius 2 is 1.23 bits per heavy atom. The molecule has 0 aliphatic carbocycles. The summed E-state index contributed by atoms with van der Waals surface area (Å²) in [6, 6.07) is 19.9. The summed E-state index contributed by atoms with van der Waals surface area (Å²) in [6.45, 7) is 18.8. The van der Waals surface area contributed by atoms with Crippen molar-refractivity contribution in [3.8, 4) is 0 Å². The van der Waals surface area contributed by atoms with Crippen LogP contribution in [0.4, 0.5) is 0 Å². The Morgan fingerprint density at radius 1 is 0.771 bits per heavy atom. The summed E-state index contributed by atoms with van der Waals surface area (Å²) in [5.74, 6) is -1.03. The van der Waals surface area contributed by atoms with Crippen LogP contribution >= 0.6 is 0 Å². The van der Waals surface area contributed by atoms with Crippen molar-refractivity contribution >= 4 is 31.7 Å². The quantitative estimate of drug-likeness (QED) is 0.197. The molecular formula is C30H44O4Si. The first kappa shape index (κ1) is 29.0. The van der Waals surface area contributed by atoms with Gasteiger partial charge in [0.2, 0.25) is 0 Å². The van der Waals surface area contributed by atoms with Crippen LogP contribution in [-0.4, -0.2) is 21.3 Å². The Bertz CT molecular complexity index is 897. The maximum Gasteiger partial charge on any atom is 0.344 e. The van der Waals surface area contributed by atoms with Gasteiger partial charge in [-0.15, -0.1) is 0 Å². The third-order valence-electron chi connectivity index (χ3n) is 6.92. The lowest BCUT2D eigenvalue weighted by molar-refractivity contribution is -0.228. The molecule has 4 nitrogen and oxygen atoms in total. The number of carbonyl (C=O) groups is 2. The molecule has 2 rings (SSSR count). The largest absolute Gasteiger partial charge is 0.344 e. The number of carbonyl (C=O) groups excluding carboxylic acids is 2. The molecule has 35 heavy (non-hydrogen) atoms. The molecule has 0 heterocycles. The molecule has 0 fully saturated rings. The number of hydrogen-bond acceptors (Lipinski definition) is 4. The summed E-state index contributed by atoms with van der Waals surface area (Å²) < 4.78 is 6.03. The van der Waals surface area contributed by atoms with Crippen molar-refractivity contribution in [2.24, 2.45) is 34.0 Å². The van der Waals surface area contributed by atoms with Gasteiger partial charge in [0.1, 0.15) is 6.29 Å². The fraction of sp³-hybridized carbons (Fsp3) is 0.533. The van der Waals surface area contributed by atoms with Crippen molar-refractivity contribution in [1.82, 2.24) is 0 Å². The molecule has 0 saturated heterocycles. The van der Waals surface area contributed by atoms with E-state index in [0.717, 1.165) is 16.7 Å². The predicted octanol–water partition coefficient (Wildman–Crippen LogP) is 5.58. The highest BCUT2D eigenvalue weighted by atomic mass is 28.3. The second kappa shape index (κ2) is 11.7. The molecule has 0 aromatic heterocycles. The molecule has 0 spiro atoms. The van der Waals surface area contributed by atoms with Crippen molar-refractivity contribution in [2.75, 3.05) is 0 Å². The molecule has 0 aliphatic heterocycles. The van der Waals surface area contributed by atoms with Gasteiger partial charge in [0, 0.05) is 5.92 Å². The Morgan fingerprint density at radius 3 is 1.57 bits per heavy atom. The zero-order valence-electron chi connectivity index (χ0n) is 23.0. The minimum Gasteiger partial charge on any atom is -0.309 e. The highest BCUT2D eigenvalue weighted by molar-refractivity contribution is 6.79. The van der Waals surface area contributed by atoms with Crippen molar-refractivity contribution in [1.29, 1.82) is 0 Å². The van der Waals surface area contributed by atoms with Crippen molar-refractivity contribution in [3.05, 3.63) is 60.7 Å². The zero-order chi connectivity index (χ0) is 26.4. The Hall–Kier alpha value is -2.24. The lowest BCUT2D eigenvalue weighted by Gasteiger charge is -2.44. The van der Waals surface area contributed by atoms with Gasteiger partial charge in [-0.05, 0) is 39.0 Å². The summed E-state index contributed by atoms with van der Waals surface area (Å²) in [5.41, 5.74) is -0.772. The minimum atomic E-state index is -2.24. The normalized spacial score (nSPS) is 15.4. The highest BCUT2D eigenvalue weighted by Gasteiger charge is 2.46. The van der Waals surface area contributed by atoms with E-state index in [9.17, 15) is 9.59 Å². The van der Waals surface area contributed by atoms with E-state index in [1.165, 1.54) is 0 Å². The van der Waals surface area contributed by atoms with Gasteiger partial charge >= 0.3 is 15.0 Å². The molecular weight excluding hydrogens is 452 g/mol. The molecule has 0 bridgehead atoms. The third kappa shape index (κ3) is 8.15. The number of rotatable bonds is 9.